The molecule has 2 aromatic heterocycles. The van der Waals surface area contributed by atoms with Crippen LogP contribution in [0, 0.1) is 0 Å². The topological polar surface area (TPSA) is 103 Å². The lowest BCUT2D eigenvalue weighted by Crippen LogP contribution is -2.46. The average Bonchev–Trinajstić information content (AvgIpc) is 3.64. The quantitative estimate of drug-likeness (QED) is 0.623. The lowest BCUT2D eigenvalue weighted by atomic mass is 10.1. The van der Waals surface area contributed by atoms with Crippen LogP contribution in [-0.2, 0) is 6.54 Å². The van der Waals surface area contributed by atoms with Gasteiger partial charge in [0.25, 0.3) is 11.5 Å². The van der Waals surface area contributed by atoms with Crippen LogP contribution < -0.4 is 21.5 Å². The van der Waals surface area contributed by atoms with E-state index in [1.165, 1.54) is 4.57 Å². The Kier molecular flexibility index (Phi) is 5.26. The number of pyridine rings is 1. The predicted octanol–water partition coefficient (Wildman–Crippen LogP) is 1.10. The molecule has 2 fully saturated rings. The second-order valence-corrected chi connectivity index (χ2v) is 8.46. The molecule has 0 spiro atoms. The van der Waals surface area contributed by atoms with E-state index in [2.05, 4.69) is 25.1 Å². The van der Waals surface area contributed by atoms with E-state index in [0.717, 1.165) is 56.8 Å². The maximum Gasteiger partial charge on any atom is 0.329 e. The van der Waals surface area contributed by atoms with E-state index >= 15 is 0 Å². The predicted molar refractivity (Wildman–Crippen MR) is 122 cm³/mol. The molecule has 1 aromatic carbocycles. The van der Waals surface area contributed by atoms with Gasteiger partial charge < -0.3 is 15.2 Å². The van der Waals surface area contributed by atoms with E-state index in [1.54, 1.807) is 19.3 Å². The van der Waals surface area contributed by atoms with Crippen molar-refractivity contribution in [1.82, 2.24) is 24.8 Å². The number of carbonyl (C=O) groups is 1. The number of H-pyrrole nitrogens is 1. The summed E-state index contributed by atoms with van der Waals surface area (Å²) in [6.45, 7) is 4.24. The lowest BCUT2D eigenvalue weighted by molar-refractivity contribution is 0.0958. The summed E-state index contributed by atoms with van der Waals surface area (Å²) in [6.07, 6.45) is 3.54. The fraction of sp³-hybridized carbons (Fsp3) is 0.391. The molecule has 3 aromatic rings. The number of anilines is 1. The largest absolute Gasteiger partial charge is 0.368 e. The van der Waals surface area contributed by atoms with Gasteiger partial charge in [0.15, 0.2) is 0 Å². The van der Waals surface area contributed by atoms with Crippen molar-refractivity contribution < 1.29 is 4.79 Å². The Hall–Kier alpha value is -3.46. The molecule has 2 aliphatic rings. The number of aromatic nitrogens is 3. The first kappa shape index (κ1) is 20.4. The summed E-state index contributed by atoms with van der Waals surface area (Å²) < 4.78 is 1.36. The Bertz CT molecular complexity index is 1270. The summed E-state index contributed by atoms with van der Waals surface area (Å²) in [4.78, 5) is 48.4. The average molecular weight is 435 g/mol. The summed E-state index contributed by atoms with van der Waals surface area (Å²) in [6, 6.07) is 9.46. The highest BCUT2D eigenvalue weighted by Crippen LogP contribution is 2.32. The van der Waals surface area contributed by atoms with E-state index in [0.29, 0.717) is 16.6 Å². The van der Waals surface area contributed by atoms with Crippen molar-refractivity contribution in [3.63, 3.8) is 0 Å². The van der Waals surface area contributed by atoms with Gasteiger partial charge in [0.1, 0.15) is 5.69 Å². The zero-order valence-corrected chi connectivity index (χ0v) is 18.0. The highest BCUT2D eigenvalue weighted by molar-refractivity contribution is 5.92. The minimum atomic E-state index is -0.313. The molecule has 32 heavy (non-hydrogen) atoms. The van der Waals surface area contributed by atoms with Gasteiger partial charge in [-0.15, -0.1) is 0 Å². The number of aromatic amines is 1. The van der Waals surface area contributed by atoms with Crippen LogP contribution in [0.25, 0.3) is 10.9 Å². The Balaban J connectivity index is 1.25. The normalized spacial score (nSPS) is 17.0. The van der Waals surface area contributed by atoms with Gasteiger partial charge in [0, 0.05) is 45.8 Å². The zero-order valence-electron chi connectivity index (χ0n) is 18.0. The molecule has 1 saturated heterocycles. The van der Waals surface area contributed by atoms with Crippen LogP contribution in [-0.4, -0.2) is 58.6 Å². The monoisotopic (exact) mass is 434 g/mol. The third kappa shape index (κ3) is 3.91. The van der Waals surface area contributed by atoms with Gasteiger partial charge in [-0.2, -0.15) is 0 Å². The summed E-state index contributed by atoms with van der Waals surface area (Å²) >= 11 is 0. The van der Waals surface area contributed by atoms with Crippen LogP contribution in [0.1, 0.15) is 34.9 Å². The van der Waals surface area contributed by atoms with Crippen molar-refractivity contribution in [2.24, 2.45) is 0 Å². The lowest BCUT2D eigenvalue weighted by Gasteiger charge is -2.36. The number of piperazine rings is 1. The van der Waals surface area contributed by atoms with Crippen LogP contribution in [0.2, 0.25) is 0 Å². The minimum Gasteiger partial charge on any atom is -0.368 e. The maximum absolute atomic E-state index is 12.7. The van der Waals surface area contributed by atoms with Crippen molar-refractivity contribution in [3.8, 4) is 0 Å². The smallest absolute Gasteiger partial charge is 0.329 e. The molecule has 0 atom stereocenters. The SMILES string of the molecule is CNC(=O)c1ccc(N2CCN(Cc3ccc4c(=O)n(C5CC5)c(=O)[nH]c4c3)CC2)cn1. The minimum absolute atomic E-state index is 0.0572. The maximum atomic E-state index is 12.7. The van der Waals surface area contributed by atoms with Gasteiger partial charge in [-0.1, -0.05) is 6.07 Å². The summed E-state index contributed by atoms with van der Waals surface area (Å²) in [5, 5.41) is 3.14. The molecule has 1 saturated carbocycles. The number of carbonyl (C=O) groups excluding carboxylic acids is 1. The molecule has 0 unspecified atom stereocenters. The van der Waals surface area contributed by atoms with Crippen molar-refractivity contribution in [3.05, 3.63) is 68.6 Å². The van der Waals surface area contributed by atoms with E-state index in [1.807, 2.05) is 24.3 Å². The van der Waals surface area contributed by atoms with Gasteiger partial charge in [-0.25, -0.2) is 9.78 Å². The first-order chi connectivity index (χ1) is 15.5. The summed E-state index contributed by atoms with van der Waals surface area (Å²) in [5.74, 6) is -0.190. The Morgan fingerprint density at radius 2 is 1.91 bits per heavy atom. The number of nitrogens with one attached hydrogen (secondary N) is 2. The molecule has 166 valence electrons. The van der Waals surface area contributed by atoms with Crippen LogP contribution in [0.15, 0.2) is 46.1 Å². The zero-order chi connectivity index (χ0) is 22.2. The third-order valence-electron chi connectivity index (χ3n) is 6.26. The van der Waals surface area contributed by atoms with Crippen molar-refractivity contribution in [2.75, 3.05) is 38.1 Å². The van der Waals surface area contributed by atoms with Crippen LogP contribution in [0.3, 0.4) is 0 Å². The second kappa shape index (κ2) is 8.23. The van der Waals surface area contributed by atoms with Crippen LogP contribution in [0.4, 0.5) is 5.69 Å². The standard InChI is InChI=1S/C23H26N6O3/c1-24-21(30)19-7-5-17(13-25-19)28-10-8-27(9-11-28)14-15-2-6-18-20(12-15)26-23(32)29(22(18)31)16-3-4-16/h2,5-7,12-13,16H,3-4,8-11,14H2,1H3,(H,24,30)(H,26,32). The fourth-order valence-corrected chi connectivity index (χ4v) is 4.30. The Morgan fingerprint density at radius 1 is 1.12 bits per heavy atom. The van der Waals surface area contributed by atoms with Gasteiger partial charge >= 0.3 is 5.69 Å². The van der Waals surface area contributed by atoms with E-state index in [4.69, 9.17) is 0 Å². The van der Waals surface area contributed by atoms with Gasteiger partial charge in [-0.3, -0.25) is 19.1 Å². The van der Waals surface area contributed by atoms with E-state index in [9.17, 15) is 14.4 Å². The Labute approximate surface area is 184 Å². The molecular formula is C23H26N6O3. The molecule has 5 rings (SSSR count). The van der Waals surface area contributed by atoms with Crippen molar-refractivity contribution in [1.29, 1.82) is 0 Å². The molecule has 0 bridgehead atoms. The first-order valence-electron chi connectivity index (χ1n) is 11.0. The van der Waals surface area contributed by atoms with Gasteiger partial charge in [0.2, 0.25) is 0 Å². The molecule has 0 radical (unpaired) electrons. The number of hydrogen-bond acceptors (Lipinski definition) is 6. The van der Waals surface area contributed by atoms with Gasteiger partial charge in [0.05, 0.1) is 22.8 Å². The molecule has 3 heterocycles. The molecule has 2 N–H and O–H groups in total. The first-order valence-corrected chi connectivity index (χ1v) is 11.0. The second-order valence-electron chi connectivity index (χ2n) is 8.46. The summed E-state index contributed by atoms with van der Waals surface area (Å²) in [5.41, 5.74) is 2.59. The molecule has 1 aliphatic heterocycles. The highest BCUT2D eigenvalue weighted by atomic mass is 16.2. The molecule has 1 amide bonds. The molecular weight excluding hydrogens is 408 g/mol. The number of rotatable bonds is 5. The van der Waals surface area contributed by atoms with Gasteiger partial charge in [-0.05, 0) is 42.7 Å². The number of amides is 1. The third-order valence-corrected chi connectivity index (χ3v) is 6.26. The van der Waals surface area contributed by atoms with E-state index in [-0.39, 0.29) is 23.2 Å². The molecule has 9 heteroatoms. The molecule has 9 nitrogen and oxygen atoms in total. The van der Waals surface area contributed by atoms with Crippen molar-refractivity contribution >= 4 is 22.5 Å². The number of fused-ring (bicyclic) bond motifs is 1. The molecule has 1 aliphatic carbocycles. The Morgan fingerprint density at radius 3 is 2.56 bits per heavy atom. The van der Waals surface area contributed by atoms with E-state index < -0.39 is 0 Å². The number of benzene rings is 1. The van der Waals surface area contributed by atoms with Crippen molar-refractivity contribution in [2.45, 2.75) is 25.4 Å². The number of nitrogens with zero attached hydrogens (tertiary/aromatic N) is 4. The highest BCUT2D eigenvalue weighted by Gasteiger charge is 2.27. The number of hydrogen-bond donors (Lipinski definition) is 2. The summed E-state index contributed by atoms with van der Waals surface area (Å²) in [7, 11) is 1.59. The fourth-order valence-electron chi connectivity index (χ4n) is 4.30. The van der Waals surface area contributed by atoms with Crippen LogP contribution in [0.5, 0.6) is 0 Å². The van der Waals surface area contributed by atoms with Crippen LogP contribution >= 0.6 is 0 Å².